The first-order valence-corrected chi connectivity index (χ1v) is 7.17. The van der Waals surface area contributed by atoms with E-state index in [0.29, 0.717) is 31.1 Å². The highest BCUT2D eigenvalue weighted by atomic mass is 32.1. The van der Waals surface area contributed by atoms with Gasteiger partial charge in [-0.15, -0.1) is 12.6 Å². The van der Waals surface area contributed by atoms with Crippen molar-refractivity contribution in [2.24, 2.45) is 0 Å². The predicted octanol–water partition coefficient (Wildman–Crippen LogP) is 1.25. The summed E-state index contributed by atoms with van der Waals surface area (Å²) in [5.41, 5.74) is 0.0770. The van der Waals surface area contributed by atoms with Crippen LogP contribution in [-0.2, 0) is 0 Å². The van der Waals surface area contributed by atoms with Crippen LogP contribution in [0.2, 0.25) is 0 Å². The Morgan fingerprint density at radius 3 is 2.85 bits per heavy atom. The first-order chi connectivity index (χ1) is 9.61. The lowest BCUT2D eigenvalue weighted by atomic mass is 10.2. The van der Waals surface area contributed by atoms with Gasteiger partial charge in [-0.3, -0.25) is 9.69 Å². The van der Waals surface area contributed by atoms with Gasteiger partial charge in [0.05, 0.1) is 12.2 Å². The van der Waals surface area contributed by atoms with Gasteiger partial charge < -0.3 is 10.0 Å². The molecule has 1 amide bonds. The van der Waals surface area contributed by atoms with Crippen molar-refractivity contribution >= 4 is 18.5 Å². The molecule has 1 aromatic carbocycles. The van der Waals surface area contributed by atoms with Crippen LogP contribution in [0.15, 0.2) is 23.1 Å². The fraction of sp³-hybridized carbons (Fsp3) is 0.500. The molecule has 20 heavy (non-hydrogen) atoms. The number of amides is 1. The Morgan fingerprint density at radius 2 is 2.10 bits per heavy atom. The number of benzene rings is 1. The van der Waals surface area contributed by atoms with Gasteiger partial charge in [0.25, 0.3) is 5.91 Å². The van der Waals surface area contributed by atoms with Crippen molar-refractivity contribution in [2.75, 3.05) is 39.3 Å². The zero-order valence-corrected chi connectivity index (χ0v) is 12.2. The van der Waals surface area contributed by atoms with Gasteiger partial charge in [0.15, 0.2) is 0 Å². The summed E-state index contributed by atoms with van der Waals surface area (Å²) in [7, 11) is 0. The van der Waals surface area contributed by atoms with Gasteiger partial charge >= 0.3 is 0 Å². The van der Waals surface area contributed by atoms with Crippen LogP contribution in [0.3, 0.4) is 0 Å². The van der Waals surface area contributed by atoms with E-state index in [9.17, 15) is 9.18 Å². The molecule has 1 aromatic rings. The largest absolute Gasteiger partial charge is 0.395 e. The molecule has 2 rings (SSSR count). The summed E-state index contributed by atoms with van der Waals surface area (Å²) in [6.45, 7) is 3.44. The molecule has 110 valence electrons. The fourth-order valence-corrected chi connectivity index (χ4v) is 2.59. The van der Waals surface area contributed by atoms with Gasteiger partial charge in [-0.25, -0.2) is 4.39 Å². The van der Waals surface area contributed by atoms with Gasteiger partial charge in [0.2, 0.25) is 0 Å². The third-order valence-electron chi connectivity index (χ3n) is 3.47. The van der Waals surface area contributed by atoms with Crippen molar-refractivity contribution < 1.29 is 14.3 Å². The van der Waals surface area contributed by atoms with E-state index >= 15 is 0 Å². The van der Waals surface area contributed by atoms with E-state index in [-0.39, 0.29) is 18.1 Å². The summed E-state index contributed by atoms with van der Waals surface area (Å²) < 4.78 is 13.7. The Balaban J connectivity index is 2.07. The normalized spacial score (nSPS) is 17.1. The highest BCUT2D eigenvalue weighted by Crippen LogP contribution is 2.16. The molecule has 1 fully saturated rings. The highest BCUT2D eigenvalue weighted by Gasteiger charge is 2.22. The van der Waals surface area contributed by atoms with Crippen molar-refractivity contribution in [3.8, 4) is 0 Å². The topological polar surface area (TPSA) is 43.8 Å². The number of carbonyl (C=O) groups excluding carboxylic acids is 1. The molecular weight excluding hydrogens is 279 g/mol. The van der Waals surface area contributed by atoms with Crippen LogP contribution in [0.4, 0.5) is 4.39 Å². The van der Waals surface area contributed by atoms with Crippen LogP contribution in [0.1, 0.15) is 16.8 Å². The molecule has 0 radical (unpaired) electrons. The molecule has 0 unspecified atom stereocenters. The molecule has 0 bridgehead atoms. The second-order valence-corrected chi connectivity index (χ2v) is 5.39. The minimum absolute atomic E-state index is 0.0770. The fourth-order valence-electron chi connectivity index (χ4n) is 2.39. The first-order valence-electron chi connectivity index (χ1n) is 6.73. The molecule has 6 heteroatoms. The summed E-state index contributed by atoms with van der Waals surface area (Å²) in [6.07, 6.45) is 0.827. The lowest BCUT2D eigenvalue weighted by Gasteiger charge is -2.22. The van der Waals surface area contributed by atoms with E-state index in [0.717, 1.165) is 13.0 Å². The van der Waals surface area contributed by atoms with E-state index in [1.54, 1.807) is 4.90 Å². The van der Waals surface area contributed by atoms with Crippen LogP contribution < -0.4 is 0 Å². The summed E-state index contributed by atoms with van der Waals surface area (Å²) in [6, 6.07) is 4.27. The van der Waals surface area contributed by atoms with E-state index < -0.39 is 5.82 Å². The molecular formula is C14H19FN2O2S. The molecule has 0 spiro atoms. The smallest absolute Gasteiger partial charge is 0.256 e. The van der Waals surface area contributed by atoms with E-state index in [1.807, 2.05) is 0 Å². The number of hydrogen-bond acceptors (Lipinski definition) is 4. The summed E-state index contributed by atoms with van der Waals surface area (Å²) in [5.74, 6) is -0.798. The van der Waals surface area contributed by atoms with Gasteiger partial charge in [0.1, 0.15) is 5.82 Å². The first kappa shape index (κ1) is 15.3. The van der Waals surface area contributed by atoms with Gasteiger partial charge in [-0.2, -0.15) is 0 Å². The van der Waals surface area contributed by atoms with Crippen LogP contribution >= 0.6 is 12.6 Å². The van der Waals surface area contributed by atoms with Crippen LogP contribution in [-0.4, -0.2) is 60.1 Å². The number of aliphatic hydroxyl groups excluding tert-OH is 1. The van der Waals surface area contributed by atoms with Crippen molar-refractivity contribution in [3.63, 3.8) is 0 Å². The molecule has 4 nitrogen and oxygen atoms in total. The number of rotatable bonds is 3. The lowest BCUT2D eigenvalue weighted by Crippen LogP contribution is -2.36. The lowest BCUT2D eigenvalue weighted by molar-refractivity contribution is 0.0755. The Labute approximate surface area is 123 Å². The van der Waals surface area contributed by atoms with Crippen molar-refractivity contribution in [2.45, 2.75) is 11.3 Å². The number of aliphatic hydroxyl groups is 1. The average molecular weight is 298 g/mol. The monoisotopic (exact) mass is 298 g/mol. The molecule has 0 aromatic heterocycles. The number of carbonyl (C=O) groups is 1. The number of nitrogens with zero attached hydrogens (tertiary/aromatic N) is 2. The zero-order valence-electron chi connectivity index (χ0n) is 11.3. The second kappa shape index (κ2) is 7.06. The minimum atomic E-state index is -0.510. The van der Waals surface area contributed by atoms with E-state index in [1.165, 1.54) is 18.2 Å². The highest BCUT2D eigenvalue weighted by molar-refractivity contribution is 7.80. The maximum atomic E-state index is 13.7. The standard InChI is InChI=1S/C14H19FN2O2S/c15-13-3-2-11(20)10-12(13)14(19)17-5-1-4-16(6-7-17)8-9-18/h2-3,10,18,20H,1,4-9H2. The quantitative estimate of drug-likeness (QED) is 0.826. The summed E-state index contributed by atoms with van der Waals surface area (Å²) >= 11 is 4.15. The molecule has 1 N–H and O–H groups in total. The minimum Gasteiger partial charge on any atom is -0.395 e. The maximum Gasteiger partial charge on any atom is 0.256 e. The Bertz CT molecular complexity index is 484. The molecule has 1 aliphatic heterocycles. The molecule has 1 saturated heterocycles. The molecule has 0 aliphatic carbocycles. The molecule has 1 aliphatic rings. The van der Waals surface area contributed by atoms with Gasteiger partial charge in [0, 0.05) is 31.1 Å². The van der Waals surface area contributed by atoms with Crippen molar-refractivity contribution in [1.82, 2.24) is 9.80 Å². The van der Waals surface area contributed by atoms with Gasteiger partial charge in [-0.1, -0.05) is 0 Å². The zero-order chi connectivity index (χ0) is 14.5. The van der Waals surface area contributed by atoms with Gasteiger partial charge in [-0.05, 0) is 31.2 Å². The molecule has 1 heterocycles. The van der Waals surface area contributed by atoms with Crippen molar-refractivity contribution in [1.29, 1.82) is 0 Å². The van der Waals surface area contributed by atoms with Crippen LogP contribution in [0, 0.1) is 5.82 Å². The van der Waals surface area contributed by atoms with Crippen molar-refractivity contribution in [3.05, 3.63) is 29.6 Å². The van der Waals surface area contributed by atoms with E-state index in [2.05, 4.69) is 17.5 Å². The summed E-state index contributed by atoms with van der Waals surface area (Å²) in [4.78, 5) is 16.7. The Morgan fingerprint density at radius 1 is 1.30 bits per heavy atom. The average Bonchev–Trinajstić information content (AvgIpc) is 2.67. The summed E-state index contributed by atoms with van der Waals surface area (Å²) in [5, 5.41) is 8.95. The maximum absolute atomic E-state index is 13.7. The second-order valence-electron chi connectivity index (χ2n) is 4.88. The molecule has 0 saturated carbocycles. The van der Waals surface area contributed by atoms with E-state index in [4.69, 9.17) is 5.11 Å². The number of thiol groups is 1. The third kappa shape index (κ3) is 3.71. The molecule has 0 atom stereocenters. The SMILES string of the molecule is O=C(c1cc(S)ccc1F)N1CCCN(CCO)CC1. The number of halogens is 1. The van der Waals surface area contributed by atoms with Crippen LogP contribution in [0.25, 0.3) is 0 Å². The Hall–Kier alpha value is -1.11. The number of hydrogen-bond donors (Lipinski definition) is 2. The number of β-amino-alcohol motifs (C(OH)–C–C–N with tert-alkyl or cyclic N) is 1. The third-order valence-corrected chi connectivity index (χ3v) is 3.75. The van der Waals surface area contributed by atoms with Crippen LogP contribution in [0.5, 0.6) is 0 Å². The Kier molecular flexibility index (Phi) is 5.39. The predicted molar refractivity (Wildman–Crippen MR) is 77.7 cm³/mol.